The van der Waals surface area contributed by atoms with Crippen LogP contribution >= 0.6 is 0 Å². The van der Waals surface area contributed by atoms with Crippen molar-refractivity contribution in [2.45, 2.75) is 32.3 Å². The van der Waals surface area contributed by atoms with Crippen LogP contribution in [0, 0.1) is 0 Å². The van der Waals surface area contributed by atoms with Gasteiger partial charge >= 0.3 is 12.0 Å². The molecular weight excluding hydrogens is 332 g/mol. The number of likely N-dealkylation sites (tertiary alicyclic amines) is 1. The molecular formula is C19H24N4O3. The lowest BCUT2D eigenvalue weighted by atomic mass is 10.1. The molecule has 1 atom stereocenters. The highest BCUT2D eigenvalue weighted by Gasteiger charge is 2.25. The molecule has 2 heterocycles. The lowest BCUT2D eigenvalue weighted by Crippen LogP contribution is -2.46. The number of carbonyl (C=O) groups excluding carboxylic acids is 1. The summed E-state index contributed by atoms with van der Waals surface area (Å²) in [5.41, 5.74) is 1.80. The van der Waals surface area contributed by atoms with Crippen molar-refractivity contribution < 1.29 is 14.3 Å². The predicted molar refractivity (Wildman–Crippen MR) is 98.6 cm³/mol. The summed E-state index contributed by atoms with van der Waals surface area (Å²) in [6.45, 7) is 3.28. The fraction of sp³-hybridized carbons (Fsp3) is 0.421. The minimum absolute atomic E-state index is 0.0992. The first-order valence-corrected chi connectivity index (χ1v) is 8.85. The number of aryl methyl sites for hydroxylation is 1. The summed E-state index contributed by atoms with van der Waals surface area (Å²) in [5.74, 6) is 0.753. The Morgan fingerprint density at radius 1 is 1.27 bits per heavy atom. The summed E-state index contributed by atoms with van der Waals surface area (Å²) in [6.07, 6.45) is 6.11. The number of amides is 2. The summed E-state index contributed by atoms with van der Waals surface area (Å²) in [5, 5.41) is 2.91. The number of ether oxygens (including phenoxy) is 2. The van der Waals surface area contributed by atoms with Crippen molar-refractivity contribution in [2.75, 3.05) is 25.5 Å². The van der Waals surface area contributed by atoms with Crippen LogP contribution in [-0.2, 0) is 6.42 Å². The van der Waals surface area contributed by atoms with Crippen LogP contribution in [0.5, 0.6) is 11.8 Å². The molecule has 1 N–H and O–H groups in total. The van der Waals surface area contributed by atoms with Crippen molar-refractivity contribution in [3.8, 4) is 11.8 Å². The molecule has 2 aromatic rings. The molecule has 7 nitrogen and oxygen atoms in total. The zero-order valence-corrected chi connectivity index (χ0v) is 15.1. The van der Waals surface area contributed by atoms with Crippen LogP contribution in [0.25, 0.3) is 0 Å². The maximum absolute atomic E-state index is 12.5. The van der Waals surface area contributed by atoms with Crippen molar-refractivity contribution >= 4 is 11.7 Å². The Labute approximate surface area is 153 Å². The molecule has 7 heteroatoms. The molecule has 3 rings (SSSR count). The molecule has 26 heavy (non-hydrogen) atoms. The number of methoxy groups -OCH3 is 1. The van der Waals surface area contributed by atoms with Gasteiger partial charge in [-0.3, -0.25) is 0 Å². The molecule has 1 aliphatic rings. The second kappa shape index (κ2) is 8.51. The number of urea groups is 1. The van der Waals surface area contributed by atoms with Gasteiger partial charge in [0.15, 0.2) is 0 Å². The normalized spacial score (nSPS) is 16.8. The van der Waals surface area contributed by atoms with Crippen molar-refractivity contribution in [3.05, 3.63) is 42.2 Å². The topological polar surface area (TPSA) is 76.6 Å². The average Bonchev–Trinajstić information content (AvgIpc) is 2.69. The summed E-state index contributed by atoms with van der Waals surface area (Å²) >= 11 is 0. The summed E-state index contributed by atoms with van der Waals surface area (Å²) < 4.78 is 11.0. The third-order valence-corrected chi connectivity index (χ3v) is 4.37. The van der Waals surface area contributed by atoms with E-state index >= 15 is 0 Å². The Kier molecular flexibility index (Phi) is 5.88. The second-order valence-electron chi connectivity index (χ2n) is 6.21. The van der Waals surface area contributed by atoms with Crippen molar-refractivity contribution in [1.82, 2.24) is 14.9 Å². The van der Waals surface area contributed by atoms with Crippen molar-refractivity contribution in [1.29, 1.82) is 0 Å². The summed E-state index contributed by atoms with van der Waals surface area (Å²) in [4.78, 5) is 22.7. The number of nitrogens with zero attached hydrogens (tertiary/aromatic N) is 3. The monoisotopic (exact) mass is 356 g/mol. The van der Waals surface area contributed by atoms with E-state index < -0.39 is 0 Å². The van der Waals surface area contributed by atoms with E-state index in [2.05, 4.69) is 22.2 Å². The van der Waals surface area contributed by atoms with Crippen LogP contribution in [0.2, 0.25) is 0 Å². The van der Waals surface area contributed by atoms with Gasteiger partial charge in [0.05, 0.1) is 13.7 Å². The Morgan fingerprint density at radius 3 is 2.65 bits per heavy atom. The van der Waals surface area contributed by atoms with Gasteiger partial charge in [0.25, 0.3) is 0 Å². The number of piperidine rings is 1. The Balaban J connectivity index is 1.55. The number of anilines is 1. The van der Waals surface area contributed by atoms with E-state index in [1.54, 1.807) is 24.4 Å². The largest absolute Gasteiger partial charge is 0.497 e. The number of benzene rings is 1. The molecule has 0 spiro atoms. The van der Waals surface area contributed by atoms with E-state index in [1.807, 2.05) is 24.3 Å². The fourth-order valence-electron chi connectivity index (χ4n) is 2.83. The minimum atomic E-state index is -0.134. The van der Waals surface area contributed by atoms with Gasteiger partial charge in [-0.15, -0.1) is 0 Å². The van der Waals surface area contributed by atoms with Gasteiger partial charge in [-0.1, -0.05) is 6.92 Å². The van der Waals surface area contributed by atoms with Gasteiger partial charge in [0, 0.05) is 24.6 Å². The van der Waals surface area contributed by atoms with E-state index in [1.165, 1.54) is 0 Å². The van der Waals surface area contributed by atoms with Gasteiger partial charge in [0.2, 0.25) is 0 Å². The minimum Gasteiger partial charge on any atom is -0.497 e. The third-order valence-electron chi connectivity index (χ3n) is 4.37. The molecule has 0 saturated carbocycles. The first-order chi connectivity index (χ1) is 12.7. The Hall–Kier alpha value is -2.83. The highest BCUT2D eigenvalue weighted by molar-refractivity contribution is 5.89. The van der Waals surface area contributed by atoms with E-state index in [0.717, 1.165) is 36.3 Å². The number of hydrogen-bond acceptors (Lipinski definition) is 5. The number of nitrogens with one attached hydrogen (secondary N) is 1. The molecule has 2 amide bonds. The van der Waals surface area contributed by atoms with Crippen LogP contribution < -0.4 is 14.8 Å². The maximum atomic E-state index is 12.5. The van der Waals surface area contributed by atoms with E-state index in [0.29, 0.717) is 19.1 Å². The molecule has 1 aliphatic heterocycles. The van der Waals surface area contributed by atoms with Gasteiger partial charge < -0.3 is 19.7 Å². The summed E-state index contributed by atoms with van der Waals surface area (Å²) in [6, 6.07) is 7.50. The fourth-order valence-corrected chi connectivity index (χ4v) is 2.83. The average molecular weight is 356 g/mol. The number of hydrogen-bond donors (Lipinski definition) is 1. The molecule has 1 aromatic heterocycles. The van der Waals surface area contributed by atoms with Gasteiger partial charge in [-0.25, -0.2) is 14.8 Å². The first kappa shape index (κ1) is 18.0. The van der Waals surface area contributed by atoms with Crippen LogP contribution in [0.3, 0.4) is 0 Å². The van der Waals surface area contributed by atoms with E-state index in [4.69, 9.17) is 9.47 Å². The number of rotatable bonds is 5. The molecule has 0 radical (unpaired) electrons. The quantitative estimate of drug-likeness (QED) is 0.891. The zero-order valence-electron chi connectivity index (χ0n) is 15.1. The molecule has 0 aliphatic carbocycles. The van der Waals surface area contributed by atoms with E-state index in [-0.39, 0.29) is 12.1 Å². The predicted octanol–water partition coefficient (Wildman–Crippen LogP) is 3.12. The van der Waals surface area contributed by atoms with Gasteiger partial charge in [-0.2, -0.15) is 0 Å². The molecule has 1 fully saturated rings. The molecule has 0 bridgehead atoms. The van der Waals surface area contributed by atoms with E-state index in [9.17, 15) is 4.79 Å². The van der Waals surface area contributed by atoms with Crippen molar-refractivity contribution in [2.24, 2.45) is 0 Å². The molecule has 1 aromatic carbocycles. The molecule has 1 saturated heterocycles. The van der Waals surface area contributed by atoms with Crippen LogP contribution in [0.4, 0.5) is 10.5 Å². The highest BCUT2D eigenvalue weighted by atomic mass is 16.5. The SMILES string of the molecule is CCc1cnc(OC2CCCN(C(=O)Nc3ccc(OC)cc3)C2)nc1. The standard InChI is InChI=1S/C19H24N4O3/c1-3-14-11-20-18(21-12-14)26-17-5-4-10-23(13-17)19(24)22-15-6-8-16(25-2)9-7-15/h6-9,11-12,17H,3-5,10,13H2,1-2H3,(H,22,24). The van der Waals surface area contributed by atoms with Crippen LogP contribution in [0.15, 0.2) is 36.7 Å². The van der Waals surface area contributed by atoms with Crippen LogP contribution in [-0.4, -0.2) is 47.2 Å². The van der Waals surface area contributed by atoms with Gasteiger partial charge in [-0.05, 0) is 49.1 Å². The van der Waals surface area contributed by atoms with Gasteiger partial charge in [0.1, 0.15) is 11.9 Å². The zero-order chi connectivity index (χ0) is 18.4. The Morgan fingerprint density at radius 2 is 2.00 bits per heavy atom. The van der Waals surface area contributed by atoms with Crippen molar-refractivity contribution in [3.63, 3.8) is 0 Å². The first-order valence-electron chi connectivity index (χ1n) is 8.85. The number of aromatic nitrogens is 2. The molecule has 1 unspecified atom stereocenters. The lowest BCUT2D eigenvalue weighted by molar-refractivity contribution is 0.0982. The summed E-state index contributed by atoms with van der Waals surface area (Å²) in [7, 11) is 1.61. The highest BCUT2D eigenvalue weighted by Crippen LogP contribution is 2.18. The lowest BCUT2D eigenvalue weighted by Gasteiger charge is -2.32. The smallest absolute Gasteiger partial charge is 0.321 e. The maximum Gasteiger partial charge on any atom is 0.321 e. The second-order valence-corrected chi connectivity index (χ2v) is 6.21. The van der Waals surface area contributed by atoms with Crippen LogP contribution in [0.1, 0.15) is 25.3 Å². The molecule has 138 valence electrons. The number of carbonyl (C=O) groups is 1. The third kappa shape index (κ3) is 4.62. The Bertz CT molecular complexity index is 719.